The van der Waals surface area contributed by atoms with Gasteiger partial charge in [0.05, 0.1) is 17.5 Å². The van der Waals surface area contributed by atoms with Crippen LogP contribution in [0.25, 0.3) is 22.2 Å². The Morgan fingerprint density at radius 1 is 1.38 bits per heavy atom. The Balaban J connectivity index is 1.99. The molecule has 0 saturated heterocycles. The monoisotopic (exact) mass is 304 g/mol. The number of hydrogen-bond acceptors (Lipinski definition) is 3. The molecule has 7 heteroatoms. The van der Waals surface area contributed by atoms with Crippen molar-refractivity contribution in [2.24, 2.45) is 0 Å². The van der Waals surface area contributed by atoms with E-state index in [-0.39, 0.29) is 11.3 Å². The first-order valence-electron chi connectivity index (χ1n) is 6.64. The zero-order chi connectivity index (χ0) is 15.0. The fourth-order valence-electron chi connectivity index (χ4n) is 2.30. The van der Waals surface area contributed by atoms with Gasteiger partial charge in [0.2, 0.25) is 0 Å². The minimum atomic E-state index is -1.87. The minimum Gasteiger partial charge on any atom is -0.346 e. The molecule has 21 heavy (non-hydrogen) atoms. The number of aromatic amines is 1. The lowest BCUT2D eigenvalue weighted by molar-refractivity contribution is 0.456. The van der Waals surface area contributed by atoms with E-state index in [0.29, 0.717) is 0 Å². The van der Waals surface area contributed by atoms with Gasteiger partial charge in [0, 0.05) is 29.5 Å². The molecular formula is C14H16N4O2S. The summed E-state index contributed by atoms with van der Waals surface area (Å²) >= 11 is -1.87. The molecule has 3 heterocycles. The molecule has 0 aliphatic heterocycles. The molecule has 6 nitrogen and oxygen atoms in total. The SMILES string of the molecule is CC(C(C)S(=O)O)n1cc(-c2ccnc3[nH]ccc23)cn1. The van der Waals surface area contributed by atoms with Crippen LogP contribution in [0, 0.1) is 0 Å². The highest BCUT2D eigenvalue weighted by atomic mass is 32.2. The normalized spacial score (nSPS) is 16.0. The van der Waals surface area contributed by atoms with Crippen molar-refractivity contribution < 1.29 is 8.76 Å². The van der Waals surface area contributed by atoms with Crippen LogP contribution in [0.15, 0.2) is 36.9 Å². The Hall–Kier alpha value is -1.99. The third kappa shape index (κ3) is 2.50. The Morgan fingerprint density at radius 3 is 2.95 bits per heavy atom. The molecule has 3 aromatic rings. The van der Waals surface area contributed by atoms with Gasteiger partial charge in [-0.15, -0.1) is 0 Å². The first-order chi connectivity index (χ1) is 10.1. The lowest BCUT2D eigenvalue weighted by atomic mass is 10.1. The number of H-pyrrole nitrogens is 1. The molecule has 3 atom stereocenters. The second-order valence-electron chi connectivity index (χ2n) is 5.03. The number of nitrogens with one attached hydrogen (secondary N) is 1. The van der Waals surface area contributed by atoms with Gasteiger partial charge in [-0.1, -0.05) is 0 Å². The molecule has 0 saturated carbocycles. The van der Waals surface area contributed by atoms with Gasteiger partial charge in [-0.2, -0.15) is 5.10 Å². The molecule has 2 N–H and O–H groups in total. The van der Waals surface area contributed by atoms with Crippen molar-refractivity contribution in [2.45, 2.75) is 25.1 Å². The van der Waals surface area contributed by atoms with Gasteiger partial charge in [0.15, 0.2) is 11.1 Å². The van der Waals surface area contributed by atoms with E-state index >= 15 is 0 Å². The van der Waals surface area contributed by atoms with Crippen molar-refractivity contribution in [1.29, 1.82) is 0 Å². The Bertz CT molecular complexity index is 795. The number of rotatable bonds is 4. The van der Waals surface area contributed by atoms with Gasteiger partial charge < -0.3 is 9.54 Å². The highest BCUT2D eigenvalue weighted by Crippen LogP contribution is 2.27. The van der Waals surface area contributed by atoms with Crippen LogP contribution in [-0.4, -0.2) is 33.8 Å². The van der Waals surface area contributed by atoms with Gasteiger partial charge in [-0.05, 0) is 31.5 Å². The number of aromatic nitrogens is 4. The third-order valence-corrected chi connectivity index (χ3v) is 4.82. The number of nitrogens with zero attached hydrogens (tertiary/aromatic N) is 3. The summed E-state index contributed by atoms with van der Waals surface area (Å²) in [6, 6.07) is 3.76. The molecule has 3 unspecified atom stereocenters. The highest BCUT2D eigenvalue weighted by Gasteiger charge is 2.20. The molecule has 0 amide bonds. The maximum atomic E-state index is 11.2. The minimum absolute atomic E-state index is 0.159. The average molecular weight is 304 g/mol. The van der Waals surface area contributed by atoms with Gasteiger partial charge >= 0.3 is 0 Å². The van der Waals surface area contributed by atoms with Crippen LogP contribution in [0.5, 0.6) is 0 Å². The van der Waals surface area contributed by atoms with Crippen molar-refractivity contribution >= 4 is 22.1 Å². The van der Waals surface area contributed by atoms with Gasteiger partial charge in [0.1, 0.15) is 5.65 Å². The Labute approximate surface area is 124 Å². The van der Waals surface area contributed by atoms with Gasteiger partial charge in [-0.3, -0.25) is 4.68 Å². The number of pyridine rings is 1. The van der Waals surface area contributed by atoms with Crippen LogP contribution in [0.1, 0.15) is 19.9 Å². The zero-order valence-corrected chi connectivity index (χ0v) is 12.5. The first-order valence-corrected chi connectivity index (χ1v) is 7.81. The van der Waals surface area contributed by atoms with Crippen LogP contribution in [0.2, 0.25) is 0 Å². The molecular weight excluding hydrogens is 288 g/mol. The second kappa shape index (κ2) is 5.42. The summed E-state index contributed by atoms with van der Waals surface area (Å²) < 4.78 is 22.1. The summed E-state index contributed by atoms with van der Waals surface area (Å²) in [5.41, 5.74) is 2.83. The third-order valence-electron chi connectivity index (χ3n) is 3.79. The maximum Gasteiger partial charge on any atom is 0.157 e. The number of hydrogen-bond donors (Lipinski definition) is 2. The largest absolute Gasteiger partial charge is 0.346 e. The molecule has 0 fully saturated rings. The van der Waals surface area contributed by atoms with Crippen LogP contribution >= 0.6 is 0 Å². The molecule has 110 valence electrons. The van der Waals surface area contributed by atoms with E-state index in [2.05, 4.69) is 15.1 Å². The van der Waals surface area contributed by atoms with E-state index in [9.17, 15) is 8.76 Å². The van der Waals surface area contributed by atoms with E-state index in [0.717, 1.165) is 22.2 Å². The maximum absolute atomic E-state index is 11.2. The molecule has 0 radical (unpaired) electrons. The molecule has 0 aromatic carbocycles. The van der Waals surface area contributed by atoms with E-state index in [1.165, 1.54) is 0 Å². The summed E-state index contributed by atoms with van der Waals surface area (Å²) in [7, 11) is 0. The Morgan fingerprint density at radius 2 is 2.19 bits per heavy atom. The average Bonchev–Trinajstić information content (AvgIpc) is 3.13. The van der Waals surface area contributed by atoms with Crippen LogP contribution in [-0.2, 0) is 11.1 Å². The van der Waals surface area contributed by atoms with E-state index in [4.69, 9.17) is 0 Å². The van der Waals surface area contributed by atoms with E-state index in [1.807, 2.05) is 31.5 Å². The number of fused-ring (bicyclic) bond motifs is 1. The van der Waals surface area contributed by atoms with Crippen molar-refractivity contribution in [2.75, 3.05) is 0 Å². The molecule has 0 aliphatic carbocycles. The van der Waals surface area contributed by atoms with Crippen LogP contribution in [0.3, 0.4) is 0 Å². The summed E-state index contributed by atoms with van der Waals surface area (Å²) in [4.78, 5) is 7.35. The first kappa shape index (κ1) is 14.0. The van der Waals surface area contributed by atoms with Crippen molar-refractivity contribution in [1.82, 2.24) is 19.7 Å². The summed E-state index contributed by atoms with van der Waals surface area (Å²) in [5, 5.41) is 4.97. The Kier molecular flexibility index (Phi) is 3.60. The highest BCUT2D eigenvalue weighted by molar-refractivity contribution is 7.79. The van der Waals surface area contributed by atoms with Crippen LogP contribution in [0.4, 0.5) is 0 Å². The predicted octanol–water partition coefficient (Wildman–Crippen LogP) is 2.60. The molecule has 3 rings (SSSR count). The van der Waals surface area contributed by atoms with Gasteiger partial charge in [0.25, 0.3) is 0 Å². The smallest absolute Gasteiger partial charge is 0.157 e. The summed E-state index contributed by atoms with van der Waals surface area (Å²) in [6.45, 7) is 3.62. The lowest BCUT2D eigenvalue weighted by Gasteiger charge is -2.16. The molecule has 3 aromatic heterocycles. The van der Waals surface area contributed by atoms with Crippen molar-refractivity contribution in [3.05, 3.63) is 36.9 Å². The van der Waals surface area contributed by atoms with E-state index < -0.39 is 11.1 Å². The van der Waals surface area contributed by atoms with Gasteiger partial charge in [-0.25, -0.2) is 9.19 Å². The van der Waals surface area contributed by atoms with E-state index in [1.54, 1.807) is 24.0 Å². The fraction of sp³-hybridized carbons (Fsp3) is 0.286. The molecule has 0 aliphatic rings. The predicted molar refractivity (Wildman–Crippen MR) is 82.3 cm³/mol. The lowest BCUT2D eigenvalue weighted by Crippen LogP contribution is -2.23. The quantitative estimate of drug-likeness (QED) is 0.726. The summed E-state index contributed by atoms with van der Waals surface area (Å²) in [5.74, 6) is 0. The second-order valence-corrected chi connectivity index (χ2v) is 6.33. The standard InChI is InChI=1S/C14H16N4O2S/c1-9(10(2)21(19)20)18-8-11(7-17-18)12-3-5-15-14-13(12)4-6-16-14/h3-10H,1-2H3,(H,15,16)(H,19,20). The topological polar surface area (TPSA) is 83.8 Å². The molecule has 0 bridgehead atoms. The summed E-state index contributed by atoms with van der Waals surface area (Å²) in [6.07, 6.45) is 7.27. The fourth-order valence-corrected chi connectivity index (χ4v) is 2.76. The van der Waals surface area contributed by atoms with Crippen molar-refractivity contribution in [3.8, 4) is 11.1 Å². The van der Waals surface area contributed by atoms with Crippen LogP contribution < -0.4 is 0 Å². The zero-order valence-electron chi connectivity index (χ0n) is 11.7. The molecule has 0 spiro atoms. The van der Waals surface area contributed by atoms with Crippen molar-refractivity contribution in [3.63, 3.8) is 0 Å².